The first-order valence-electron chi connectivity index (χ1n) is 10.1. The second kappa shape index (κ2) is 9.93. The van der Waals surface area contributed by atoms with Crippen LogP contribution in [-0.4, -0.2) is 51.4 Å². The van der Waals surface area contributed by atoms with E-state index in [1.165, 1.54) is 0 Å². The highest BCUT2D eigenvalue weighted by Crippen LogP contribution is 2.32. The number of ether oxygens (including phenoxy) is 2. The first kappa shape index (κ1) is 26.0. The number of nitrogens with two attached hydrogens (primary N) is 1. The minimum Gasteiger partial charge on any atom is -0.497 e. The van der Waals surface area contributed by atoms with Crippen molar-refractivity contribution in [2.24, 2.45) is 0 Å². The summed E-state index contributed by atoms with van der Waals surface area (Å²) in [4.78, 5) is 37.6. The van der Waals surface area contributed by atoms with Gasteiger partial charge in [0, 0.05) is 17.1 Å². The molecule has 4 rings (SSSR count). The van der Waals surface area contributed by atoms with Gasteiger partial charge in [0.05, 0.1) is 30.8 Å². The second-order valence-electron chi connectivity index (χ2n) is 7.43. The molecule has 14 heteroatoms. The minimum absolute atomic E-state index is 0.238. The second-order valence-corrected chi connectivity index (χ2v) is 7.43. The van der Waals surface area contributed by atoms with Crippen LogP contribution in [-0.2, 0) is 4.79 Å². The molecule has 0 bridgehead atoms. The largest absolute Gasteiger partial charge is 0.497 e. The summed E-state index contributed by atoms with van der Waals surface area (Å²) in [5.41, 5.74) is 8.76. The zero-order valence-electron chi connectivity index (χ0n) is 19.4. The molecule has 0 atom stereocenters. The van der Waals surface area contributed by atoms with E-state index in [1.807, 2.05) is 19.9 Å². The number of nitrogens with one attached hydrogen (secondary N) is 2. The number of aromatic nitrogens is 4. The summed E-state index contributed by atoms with van der Waals surface area (Å²) in [5, 5.41) is 11.3. The average Bonchev–Trinajstić information content (AvgIpc) is 2.79. The first-order chi connectivity index (χ1) is 16.8. The number of rotatable bonds is 4. The zero-order chi connectivity index (χ0) is 26.8. The maximum absolute atomic E-state index is 12.5. The van der Waals surface area contributed by atoms with Crippen LogP contribution in [0.3, 0.4) is 0 Å². The van der Waals surface area contributed by atoms with Crippen molar-refractivity contribution >= 4 is 45.4 Å². The smallest absolute Gasteiger partial charge is 0.490 e. The van der Waals surface area contributed by atoms with E-state index in [0.717, 1.165) is 16.6 Å². The van der Waals surface area contributed by atoms with Crippen molar-refractivity contribution in [2.75, 3.05) is 25.3 Å². The summed E-state index contributed by atoms with van der Waals surface area (Å²) in [6.45, 7) is 3.71. The fourth-order valence-electron chi connectivity index (χ4n) is 3.26. The molecular weight excluding hydrogens is 485 g/mol. The summed E-state index contributed by atoms with van der Waals surface area (Å²) in [7, 11) is 3.15. The van der Waals surface area contributed by atoms with Crippen LogP contribution in [0.1, 0.15) is 11.3 Å². The van der Waals surface area contributed by atoms with Crippen molar-refractivity contribution in [3.8, 4) is 11.5 Å². The molecule has 36 heavy (non-hydrogen) atoms. The fourth-order valence-corrected chi connectivity index (χ4v) is 3.26. The van der Waals surface area contributed by atoms with E-state index in [1.54, 1.807) is 32.4 Å². The number of carboxylic acid groups (broad SMARTS) is 1. The molecule has 0 amide bonds. The number of hydrogen-bond donors (Lipinski definition) is 4. The van der Waals surface area contributed by atoms with Crippen molar-refractivity contribution < 1.29 is 32.5 Å². The summed E-state index contributed by atoms with van der Waals surface area (Å²) < 4.78 is 42.5. The molecule has 0 aliphatic carbocycles. The van der Waals surface area contributed by atoms with E-state index >= 15 is 0 Å². The number of alkyl halides is 3. The maximum Gasteiger partial charge on any atom is 0.490 e. The van der Waals surface area contributed by atoms with Crippen LogP contribution in [0.5, 0.6) is 11.5 Å². The Morgan fingerprint density at radius 3 is 2.28 bits per heavy atom. The monoisotopic (exact) mass is 506 g/mol. The predicted octanol–water partition coefficient (Wildman–Crippen LogP) is 3.46. The number of nitrogen functional groups attached to an aromatic ring is 1. The third-order valence-corrected chi connectivity index (χ3v) is 4.88. The summed E-state index contributed by atoms with van der Waals surface area (Å²) >= 11 is 0. The number of H-pyrrole nitrogens is 1. The molecule has 190 valence electrons. The van der Waals surface area contributed by atoms with E-state index < -0.39 is 12.1 Å². The molecule has 2 heterocycles. The van der Waals surface area contributed by atoms with E-state index in [0.29, 0.717) is 33.6 Å². The summed E-state index contributed by atoms with van der Waals surface area (Å²) in [5.74, 6) is -1.03. The number of nitrogens with zero attached hydrogens (tertiary/aromatic N) is 3. The van der Waals surface area contributed by atoms with Gasteiger partial charge < -0.3 is 20.3 Å². The van der Waals surface area contributed by atoms with Crippen molar-refractivity contribution in [2.45, 2.75) is 20.0 Å². The summed E-state index contributed by atoms with van der Waals surface area (Å²) in [6, 6.07) is 6.98. The number of hydrogen-bond acceptors (Lipinski definition) is 9. The van der Waals surface area contributed by atoms with Gasteiger partial charge >= 0.3 is 12.1 Å². The Morgan fingerprint density at radius 2 is 1.69 bits per heavy atom. The number of aromatic amines is 1. The van der Waals surface area contributed by atoms with Crippen molar-refractivity contribution in [3.63, 3.8) is 0 Å². The molecule has 0 fully saturated rings. The molecule has 0 aliphatic rings. The number of carbonyl (C=O) groups is 1. The van der Waals surface area contributed by atoms with Gasteiger partial charge in [0.25, 0.3) is 5.56 Å². The topological polar surface area (TPSA) is 165 Å². The van der Waals surface area contributed by atoms with Gasteiger partial charge in [-0.2, -0.15) is 13.2 Å². The number of halogens is 3. The molecule has 11 nitrogen and oxygen atoms in total. The highest BCUT2D eigenvalue weighted by Gasteiger charge is 2.38. The lowest BCUT2D eigenvalue weighted by molar-refractivity contribution is -0.192. The minimum atomic E-state index is -5.08. The Balaban J connectivity index is 0.000000454. The van der Waals surface area contributed by atoms with Gasteiger partial charge in [-0.25, -0.2) is 19.7 Å². The zero-order valence-corrected chi connectivity index (χ0v) is 19.4. The maximum atomic E-state index is 12.5. The highest BCUT2D eigenvalue weighted by molar-refractivity contribution is 5.89. The SMILES string of the molecule is COc1cc(OC)c2nc(Nc3nc4c(C)cc(N)cc4c(=O)[nH]3)nc(C)c2c1.O=C(O)C(F)(F)F. The molecule has 0 spiro atoms. The third-order valence-electron chi connectivity index (χ3n) is 4.88. The lowest BCUT2D eigenvalue weighted by Gasteiger charge is -2.12. The number of aliphatic carboxylic acids is 1. The van der Waals surface area contributed by atoms with E-state index in [4.69, 9.17) is 25.1 Å². The van der Waals surface area contributed by atoms with Crippen LogP contribution in [0, 0.1) is 13.8 Å². The number of methoxy groups -OCH3 is 2. The highest BCUT2D eigenvalue weighted by atomic mass is 19.4. The van der Waals surface area contributed by atoms with Crippen molar-refractivity contribution in [1.29, 1.82) is 0 Å². The van der Waals surface area contributed by atoms with E-state index in [-0.39, 0.29) is 17.5 Å². The van der Waals surface area contributed by atoms with Crippen LogP contribution in [0.4, 0.5) is 30.8 Å². The molecule has 2 aromatic carbocycles. The average molecular weight is 506 g/mol. The number of fused-ring (bicyclic) bond motifs is 2. The van der Waals surface area contributed by atoms with Crippen molar-refractivity contribution in [3.05, 3.63) is 45.9 Å². The molecule has 0 saturated carbocycles. The number of benzene rings is 2. The Kier molecular flexibility index (Phi) is 7.17. The van der Waals surface area contributed by atoms with Gasteiger partial charge in [-0.3, -0.25) is 15.1 Å². The van der Waals surface area contributed by atoms with Crippen LogP contribution >= 0.6 is 0 Å². The molecule has 2 aromatic heterocycles. The molecular formula is C22H21F3N6O5. The van der Waals surface area contributed by atoms with Gasteiger partial charge in [0.15, 0.2) is 0 Å². The van der Waals surface area contributed by atoms with Crippen LogP contribution in [0.15, 0.2) is 29.1 Å². The van der Waals surface area contributed by atoms with Gasteiger partial charge in [-0.05, 0) is 37.6 Å². The quantitative estimate of drug-likeness (QED) is 0.301. The first-order valence-corrected chi connectivity index (χ1v) is 10.1. The molecule has 0 aliphatic heterocycles. The molecule has 4 aromatic rings. The van der Waals surface area contributed by atoms with E-state index in [2.05, 4.69) is 25.3 Å². The standard InChI is InChI=1S/C20H20N6O3.C2HF3O2/c1-9-5-11(21)6-14-16(9)23-20(25-18(14)27)26-19-22-10(2)13-7-12(28-3)8-15(29-4)17(13)24-19;3-2(4,5)1(6)7/h5-8H,21H2,1-4H3,(H2,22,23,24,25,26,27);(H,6,7). The molecule has 0 unspecified atom stereocenters. The Morgan fingerprint density at radius 1 is 1.03 bits per heavy atom. The number of anilines is 3. The molecule has 0 radical (unpaired) electrons. The number of aryl methyl sites for hydroxylation is 2. The van der Waals surface area contributed by atoms with Gasteiger partial charge in [0.2, 0.25) is 11.9 Å². The lowest BCUT2D eigenvalue weighted by atomic mass is 10.1. The number of carboxylic acids is 1. The Bertz CT molecular complexity index is 1520. The third kappa shape index (κ3) is 5.54. The Hall–Kier alpha value is -4.62. The molecule has 0 saturated heterocycles. The van der Waals surface area contributed by atoms with Crippen LogP contribution in [0.25, 0.3) is 21.8 Å². The fraction of sp³-hybridized carbons (Fsp3) is 0.227. The van der Waals surface area contributed by atoms with E-state index in [9.17, 15) is 18.0 Å². The van der Waals surface area contributed by atoms with Crippen molar-refractivity contribution in [1.82, 2.24) is 19.9 Å². The lowest BCUT2D eigenvalue weighted by Crippen LogP contribution is -2.21. The van der Waals surface area contributed by atoms with Gasteiger partial charge in [-0.15, -0.1) is 0 Å². The van der Waals surface area contributed by atoms with Crippen LogP contribution < -0.4 is 26.1 Å². The van der Waals surface area contributed by atoms with Gasteiger partial charge in [-0.1, -0.05) is 0 Å². The predicted molar refractivity (Wildman–Crippen MR) is 126 cm³/mol. The molecule has 5 N–H and O–H groups in total. The van der Waals surface area contributed by atoms with Gasteiger partial charge in [0.1, 0.15) is 17.0 Å². The normalized spacial score (nSPS) is 11.1. The summed E-state index contributed by atoms with van der Waals surface area (Å²) in [6.07, 6.45) is -5.08. The van der Waals surface area contributed by atoms with Crippen LogP contribution in [0.2, 0.25) is 0 Å². The Labute approximate surface area is 201 Å².